The van der Waals surface area contributed by atoms with Crippen LogP contribution in [0.2, 0.25) is 0 Å². The van der Waals surface area contributed by atoms with E-state index in [-0.39, 0.29) is 6.54 Å². The van der Waals surface area contributed by atoms with Crippen LogP contribution in [0.1, 0.15) is 38.3 Å². The zero-order chi connectivity index (χ0) is 18.7. The summed E-state index contributed by atoms with van der Waals surface area (Å²) in [4.78, 5) is 6.68. The molecule has 1 aromatic rings. The first kappa shape index (κ1) is 21.3. The maximum absolute atomic E-state index is 12.2. The van der Waals surface area contributed by atoms with Gasteiger partial charge in [-0.15, -0.1) is 0 Å². The van der Waals surface area contributed by atoms with Gasteiger partial charge in [0.1, 0.15) is 0 Å². The second-order valence-electron chi connectivity index (χ2n) is 5.77. The average Bonchev–Trinajstić information content (AvgIpc) is 2.57. The number of nitrogens with one attached hydrogen (secondary N) is 2. The van der Waals surface area contributed by atoms with Crippen molar-refractivity contribution in [3.8, 4) is 0 Å². The Balaban J connectivity index is 2.57. The van der Waals surface area contributed by atoms with Crippen LogP contribution >= 0.6 is 0 Å². The molecule has 0 saturated heterocycles. The Hall–Kier alpha value is -1.76. The van der Waals surface area contributed by atoms with Gasteiger partial charge < -0.3 is 10.6 Å². The van der Waals surface area contributed by atoms with Crippen molar-refractivity contribution in [3.63, 3.8) is 0 Å². The van der Waals surface area contributed by atoms with Crippen LogP contribution in [0.15, 0.2) is 29.3 Å². The quantitative estimate of drug-likeness (QED) is 0.524. The average molecular weight is 358 g/mol. The number of guanidine groups is 1. The highest BCUT2D eigenvalue weighted by molar-refractivity contribution is 5.79. The number of halogens is 3. The first-order valence-electron chi connectivity index (χ1n) is 8.77. The van der Waals surface area contributed by atoms with E-state index >= 15 is 0 Å². The zero-order valence-corrected chi connectivity index (χ0v) is 15.3. The molecule has 0 aliphatic heterocycles. The fourth-order valence-electron chi connectivity index (χ4n) is 2.29. The number of alkyl halides is 3. The summed E-state index contributed by atoms with van der Waals surface area (Å²) in [5, 5.41) is 5.67. The van der Waals surface area contributed by atoms with Gasteiger partial charge in [0.2, 0.25) is 0 Å². The first-order valence-corrected chi connectivity index (χ1v) is 8.77. The van der Waals surface area contributed by atoms with E-state index in [9.17, 15) is 13.2 Å². The molecule has 0 aliphatic carbocycles. The second-order valence-corrected chi connectivity index (χ2v) is 5.77. The van der Waals surface area contributed by atoms with Gasteiger partial charge in [-0.1, -0.05) is 38.1 Å². The van der Waals surface area contributed by atoms with Gasteiger partial charge in [-0.3, -0.25) is 4.90 Å². The van der Waals surface area contributed by atoms with Crippen molar-refractivity contribution in [2.24, 2.45) is 4.99 Å². The lowest BCUT2D eigenvalue weighted by Gasteiger charge is -2.18. The Morgan fingerprint density at radius 1 is 1.00 bits per heavy atom. The van der Waals surface area contributed by atoms with Crippen LogP contribution in [0.25, 0.3) is 0 Å². The molecule has 1 aromatic carbocycles. The van der Waals surface area contributed by atoms with Crippen molar-refractivity contribution in [3.05, 3.63) is 35.4 Å². The summed E-state index contributed by atoms with van der Waals surface area (Å²) >= 11 is 0. The second kappa shape index (κ2) is 11.0. The van der Waals surface area contributed by atoms with Crippen LogP contribution in [0, 0.1) is 0 Å². The Labute approximate surface area is 148 Å². The lowest BCUT2D eigenvalue weighted by Crippen LogP contribution is -2.38. The third-order valence-electron chi connectivity index (χ3n) is 3.79. The summed E-state index contributed by atoms with van der Waals surface area (Å²) in [6, 6.07) is 8.18. The molecule has 0 fully saturated rings. The van der Waals surface area contributed by atoms with Crippen LogP contribution in [0.4, 0.5) is 13.2 Å². The van der Waals surface area contributed by atoms with Gasteiger partial charge in [0.15, 0.2) is 5.96 Å². The molecule has 0 aromatic heterocycles. The molecule has 0 spiro atoms. The molecule has 0 bridgehead atoms. The summed E-state index contributed by atoms with van der Waals surface area (Å²) in [6.07, 6.45) is -5.04. The topological polar surface area (TPSA) is 39.7 Å². The molecule has 0 amide bonds. The predicted molar refractivity (Wildman–Crippen MR) is 96.6 cm³/mol. The maximum Gasteiger partial charge on any atom is 0.390 e. The van der Waals surface area contributed by atoms with Crippen LogP contribution < -0.4 is 10.6 Å². The third-order valence-corrected chi connectivity index (χ3v) is 3.79. The molecule has 0 saturated carbocycles. The summed E-state index contributed by atoms with van der Waals surface area (Å²) in [7, 11) is 0. The van der Waals surface area contributed by atoms with Crippen molar-refractivity contribution in [1.29, 1.82) is 0 Å². The largest absolute Gasteiger partial charge is 0.390 e. The van der Waals surface area contributed by atoms with Gasteiger partial charge in [-0.25, -0.2) is 4.99 Å². The number of hydrogen-bond donors (Lipinski definition) is 2. The maximum atomic E-state index is 12.2. The van der Waals surface area contributed by atoms with E-state index < -0.39 is 12.6 Å². The minimum Gasteiger partial charge on any atom is -0.357 e. The molecular weight excluding hydrogens is 329 g/mol. The van der Waals surface area contributed by atoms with Crippen LogP contribution in [-0.2, 0) is 13.1 Å². The number of hydrogen-bond acceptors (Lipinski definition) is 2. The molecule has 2 N–H and O–H groups in total. The lowest BCUT2D eigenvalue weighted by atomic mass is 10.1. The Kier molecular flexibility index (Phi) is 9.34. The van der Waals surface area contributed by atoms with E-state index in [1.165, 1.54) is 5.56 Å². The summed E-state index contributed by atoms with van der Waals surface area (Å²) < 4.78 is 36.7. The molecule has 0 unspecified atom stereocenters. The molecular formula is C18H29F3N4. The molecule has 25 heavy (non-hydrogen) atoms. The standard InChI is InChI=1S/C18H29F3N4/c1-4-22-17(23-12-11-18(19,20)21)24-13-15-7-9-16(10-8-15)14-25(5-2)6-3/h7-10H,4-6,11-14H2,1-3H3,(H2,22,23,24). The fraction of sp³-hybridized carbons (Fsp3) is 0.611. The molecule has 0 atom stereocenters. The minimum absolute atomic E-state index is 0.182. The van der Waals surface area contributed by atoms with E-state index in [0.29, 0.717) is 19.0 Å². The minimum atomic E-state index is -4.16. The SMILES string of the molecule is CCNC(=NCc1ccc(CN(CC)CC)cc1)NCCC(F)(F)F. The number of nitrogens with zero attached hydrogens (tertiary/aromatic N) is 2. The van der Waals surface area contributed by atoms with Gasteiger partial charge in [-0.05, 0) is 31.1 Å². The van der Waals surface area contributed by atoms with Gasteiger partial charge in [0.05, 0.1) is 13.0 Å². The van der Waals surface area contributed by atoms with Crippen molar-refractivity contribution in [1.82, 2.24) is 15.5 Å². The summed E-state index contributed by atoms with van der Waals surface area (Å²) in [5.41, 5.74) is 2.27. The van der Waals surface area contributed by atoms with Crippen LogP contribution in [0.5, 0.6) is 0 Å². The van der Waals surface area contributed by atoms with Crippen molar-refractivity contribution in [2.45, 2.75) is 46.5 Å². The van der Waals surface area contributed by atoms with Gasteiger partial charge in [0.25, 0.3) is 0 Å². The Morgan fingerprint density at radius 2 is 1.60 bits per heavy atom. The highest BCUT2D eigenvalue weighted by Crippen LogP contribution is 2.18. The molecule has 0 aliphatic rings. The monoisotopic (exact) mass is 358 g/mol. The van der Waals surface area contributed by atoms with E-state index in [2.05, 4.69) is 46.5 Å². The van der Waals surface area contributed by atoms with E-state index in [0.717, 1.165) is 25.2 Å². The molecule has 7 heteroatoms. The third kappa shape index (κ3) is 9.34. The number of rotatable bonds is 9. The number of benzene rings is 1. The van der Waals surface area contributed by atoms with Crippen molar-refractivity contribution < 1.29 is 13.2 Å². The predicted octanol–water partition coefficient (Wildman–Crippen LogP) is 3.54. The Morgan fingerprint density at radius 3 is 2.12 bits per heavy atom. The number of aliphatic imine (C=N–C) groups is 1. The van der Waals surface area contributed by atoms with Crippen LogP contribution in [-0.4, -0.2) is 43.2 Å². The van der Waals surface area contributed by atoms with Crippen molar-refractivity contribution in [2.75, 3.05) is 26.2 Å². The van der Waals surface area contributed by atoms with E-state index in [4.69, 9.17) is 0 Å². The lowest BCUT2D eigenvalue weighted by molar-refractivity contribution is -0.132. The zero-order valence-electron chi connectivity index (χ0n) is 15.3. The van der Waals surface area contributed by atoms with Gasteiger partial charge in [-0.2, -0.15) is 13.2 Å². The molecule has 0 radical (unpaired) electrons. The molecule has 4 nitrogen and oxygen atoms in total. The highest BCUT2D eigenvalue weighted by atomic mass is 19.4. The molecule has 142 valence electrons. The summed E-state index contributed by atoms with van der Waals surface area (Å²) in [5.74, 6) is 0.402. The Bertz CT molecular complexity index is 508. The van der Waals surface area contributed by atoms with E-state index in [1.54, 1.807) is 0 Å². The molecule has 1 rings (SSSR count). The fourth-order valence-corrected chi connectivity index (χ4v) is 2.29. The molecule has 0 heterocycles. The summed E-state index contributed by atoms with van der Waals surface area (Å²) in [6.45, 7) is 9.94. The van der Waals surface area contributed by atoms with Gasteiger partial charge in [0, 0.05) is 19.6 Å². The van der Waals surface area contributed by atoms with E-state index in [1.807, 2.05) is 19.1 Å². The van der Waals surface area contributed by atoms with Crippen LogP contribution in [0.3, 0.4) is 0 Å². The van der Waals surface area contributed by atoms with Crippen molar-refractivity contribution >= 4 is 5.96 Å². The smallest absolute Gasteiger partial charge is 0.357 e. The normalized spacial score (nSPS) is 12.5. The van der Waals surface area contributed by atoms with Gasteiger partial charge >= 0.3 is 6.18 Å². The first-order chi connectivity index (χ1) is 11.9. The highest BCUT2D eigenvalue weighted by Gasteiger charge is 2.26.